The number of pyridine rings is 1. The minimum atomic E-state index is 0.693. The third-order valence-electron chi connectivity index (χ3n) is 4.17. The van der Waals surface area contributed by atoms with Crippen LogP contribution in [0.4, 0.5) is 0 Å². The third-order valence-corrected chi connectivity index (χ3v) is 4.64. The predicted molar refractivity (Wildman–Crippen MR) is 111 cm³/mol. The van der Waals surface area contributed by atoms with Crippen molar-refractivity contribution >= 4 is 23.2 Å². The smallest absolute Gasteiger partial charge is 0.0716 e. The van der Waals surface area contributed by atoms with Crippen molar-refractivity contribution in [2.75, 3.05) is 0 Å². The Morgan fingerprint density at radius 2 is 0.962 bits per heavy atom. The molecule has 126 valence electrons. The second-order valence-corrected chi connectivity index (χ2v) is 6.89. The molecule has 0 aliphatic rings. The Kier molecular flexibility index (Phi) is 4.75. The zero-order valence-corrected chi connectivity index (χ0v) is 15.4. The molecule has 0 spiro atoms. The summed E-state index contributed by atoms with van der Waals surface area (Å²) in [7, 11) is 0. The number of benzene rings is 3. The van der Waals surface area contributed by atoms with E-state index in [0.29, 0.717) is 10.0 Å². The minimum absolute atomic E-state index is 0.693. The van der Waals surface area contributed by atoms with Gasteiger partial charge in [-0.1, -0.05) is 77.8 Å². The zero-order valence-electron chi connectivity index (χ0n) is 13.9. The molecular weight excluding hydrogens is 361 g/mol. The van der Waals surface area contributed by atoms with Crippen molar-refractivity contribution in [1.82, 2.24) is 4.98 Å². The maximum absolute atomic E-state index is 6.18. The zero-order chi connectivity index (χ0) is 17.9. The summed E-state index contributed by atoms with van der Waals surface area (Å²) in [6.45, 7) is 0. The summed E-state index contributed by atoms with van der Waals surface area (Å²) in [6, 6.07) is 30.0. The molecule has 0 N–H and O–H groups in total. The highest BCUT2D eigenvalue weighted by Gasteiger charge is 2.09. The topological polar surface area (TPSA) is 12.9 Å². The van der Waals surface area contributed by atoms with Gasteiger partial charge in [-0.2, -0.15) is 0 Å². The van der Waals surface area contributed by atoms with Crippen LogP contribution < -0.4 is 0 Å². The van der Waals surface area contributed by atoms with Crippen molar-refractivity contribution in [3.8, 4) is 33.6 Å². The summed E-state index contributed by atoms with van der Waals surface area (Å²) in [5.41, 5.74) is 5.97. The van der Waals surface area contributed by atoms with Gasteiger partial charge in [0.25, 0.3) is 0 Å². The molecule has 0 saturated carbocycles. The first kappa shape index (κ1) is 16.8. The molecule has 0 aliphatic heterocycles. The lowest BCUT2D eigenvalue weighted by Crippen LogP contribution is -1.91. The van der Waals surface area contributed by atoms with Crippen LogP contribution in [0.3, 0.4) is 0 Å². The molecule has 3 heteroatoms. The molecule has 0 atom stereocenters. The van der Waals surface area contributed by atoms with Gasteiger partial charge in [0, 0.05) is 21.2 Å². The standard InChI is InChI=1S/C23H15Cl2N/c24-20-10-4-8-17(12-20)22-14-19(16-6-2-1-3-7-16)15-23(26-22)18-9-5-11-21(25)13-18/h1-15H. The summed E-state index contributed by atoms with van der Waals surface area (Å²) in [6.07, 6.45) is 0. The van der Waals surface area contributed by atoms with Crippen LogP contribution in [-0.4, -0.2) is 4.98 Å². The Balaban J connectivity index is 1.93. The van der Waals surface area contributed by atoms with E-state index in [9.17, 15) is 0 Å². The van der Waals surface area contributed by atoms with Crippen molar-refractivity contribution < 1.29 is 0 Å². The van der Waals surface area contributed by atoms with Crippen molar-refractivity contribution in [2.24, 2.45) is 0 Å². The fourth-order valence-corrected chi connectivity index (χ4v) is 3.30. The van der Waals surface area contributed by atoms with Crippen LogP contribution in [-0.2, 0) is 0 Å². The van der Waals surface area contributed by atoms with E-state index in [-0.39, 0.29) is 0 Å². The highest BCUT2D eigenvalue weighted by Crippen LogP contribution is 2.31. The van der Waals surface area contributed by atoms with Gasteiger partial charge in [-0.15, -0.1) is 0 Å². The lowest BCUT2D eigenvalue weighted by Gasteiger charge is -2.11. The number of hydrogen-bond donors (Lipinski definition) is 0. The first-order chi connectivity index (χ1) is 12.7. The lowest BCUT2D eigenvalue weighted by molar-refractivity contribution is 1.32. The molecule has 1 heterocycles. The van der Waals surface area contributed by atoms with Crippen molar-refractivity contribution in [1.29, 1.82) is 0 Å². The number of nitrogens with zero attached hydrogens (tertiary/aromatic N) is 1. The molecule has 1 aromatic heterocycles. The number of rotatable bonds is 3. The molecule has 0 fully saturated rings. The minimum Gasteiger partial charge on any atom is -0.248 e. The van der Waals surface area contributed by atoms with Gasteiger partial charge in [0.05, 0.1) is 11.4 Å². The molecule has 0 bridgehead atoms. The number of aromatic nitrogens is 1. The Morgan fingerprint density at radius 1 is 0.462 bits per heavy atom. The maximum Gasteiger partial charge on any atom is 0.0716 e. The molecule has 4 rings (SSSR count). The quantitative estimate of drug-likeness (QED) is 0.363. The van der Waals surface area contributed by atoms with E-state index < -0.39 is 0 Å². The van der Waals surface area contributed by atoms with Gasteiger partial charge in [0.15, 0.2) is 0 Å². The van der Waals surface area contributed by atoms with Gasteiger partial charge < -0.3 is 0 Å². The van der Waals surface area contributed by atoms with Crippen LogP contribution in [0.15, 0.2) is 91.0 Å². The van der Waals surface area contributed by atoms with E-state index in [0.717, 1.165) is 33.6 Å². The van der Waals surface area contributed by atoms with Crippen LogP contribution >= 0.6 is 23.2 Å². The fraction of sp³-hybridized carbons (Fsp3) is 0. The molecule has 0 amide bonds. The summed E-state index contributed by atoms with van der Waals surface area (Å²) in [5.74, 6) is 0. The van der Waals surface area contributed by atoms with Crippen molar-refractivity contribution in [3.63, 3.8) is 0 Å². The number of halogens is 2. The average Bonchev–Trinajstić information content (AvgIpc) is 2.68. The normalized spacial score (nSPS) is 10.7. The Labute approximate surface area is 162 Å². The Bertz CT molecular complexity index is 995. The van der Waals surface area contributed by atoms with Crippen LogP contribution in [0.25, 0.3) is 33.6 Å². The fourth-order valence-electron chi connectivity index (χ4n) is 2.92. The highest BCUT2D eigenvalue weighted by molar-refractivity contribution is 6.31. The molecule has 3 aromatic carbocycles. The summed E-state index contributed by atoms with van der Waals surface area (Å²) >= 11 is 12.4. The van der Waals surface area contributed by atoms with Crippen LogP contribution in [0.5, 0.6) is 0 Å². The van der Waals surface area contributed by atoms with Gasteiger partial charge in [0.1, 0.15) is 0 Å². The average molecular weight is 376 g/mol. The summed E-state index contributed by atoms with van der Waals surface area (Å²) in [4.78, 5) is 4.86. The van der Waals surface area contributed by atoms with Gasteiger partial charge in [-0.25, -0.2) is 4.98 Å². The van der Waals surface area contributed by atoms with E-state index in [4.69, 9.17) is 28.2 Å². The molecule has 4 aromatic rings. The molecule has 0 radical (unpaired) electrons. The van der Waals surface area contributed by atoms with E-state index in [2.05, 4.69) is 24.3 Å². The van der Waals surface area contributed by atoms with Gasteiger partial charge in [-0.3, -0.25) is 0 Å². The molecule has 0 unspecified atom stereocenters. The first-order valence-corrected chi connectivity index (χ1v) is 9.04. The second kappa shape index (κ2) is 7.33. The van der Waals surface area contributed by atoms with E-state index in [1.165, 1.54) is 0 Å². The first-order valence-electron chi connectivity index (χ1n) is 8.28. The van der Waals surface area contributed by atoms with E-state index >= 15 is 0 Å². The number of hydrogen-bond acceptors (Lipinski definition) is 1. The monoisotopic (exact) mass is 375 g/mol. The third kappa shape index (κ3) is 3.65. The highest BCUT2D eigenvalue weighted by atomic mass is 35.5. The van der Waals surface area contributed by atoms with E-state index in [1.807, 2.05) is 66.7 Å². The lowest BCUT2D eigenvalue weighted by atomic mass is 10.00. The molecule has 0 aliphatic carbocycles. The van der Waals surface area contributed by atoms with Gasteiger partial charge >= 0.3 is 0 Å². The molecule has 1 nitrogen and oxygen atoms in total. The predicted octanol–water partition coefficient (Wildman–Crippen LogP) is 7.39. The van der Waals surface area contributed by atoms with Crippen LogP contribution in [0.1, 0.15) is 0 Å². The molecule has 0 saturated heterocycles. The maximum atomic E-state index is 6.18. The van der Waals surface area contributed by atoms with Gasteiger partial charge in [-0.05, 0) is 47.5 Å². The largest absolute Gasteiger partial charge is 0.248 e. The summed E-state index contributed by atoms with van der Waals surface area (Å²) < 4.78 is 0. The van der Waals surface area contributed by atoms with Crippen molar-refractivity contribution in [2.45, 2.75) is 0 Å². The van der Waals surface area contributed by atoms with Crippen LogP contribution in [0, 0.1) is 0 Å². The Morgan fingerprint density at radius 3 is 1.46 bits per heavy atom. The van der Waals surface area contributed by atoms with Crippen LogP contribution in [0.2, 0.25) is 10.0 Å². The van der Waals surface area contributed by atoms with E-state index in [1.54, 1.807) is 0 Å². The van der Waals surface area contributed by atoms with Gasteiger partial charge in [0.2, 0.25) is 0 Å². The van der Waals surface area contributed by atoms with Crippen molar-refractivity contribution in [3.05, 3.63) is 101 Å². The SMILES string of the molecule is Clc1cccc(-c2cc(-c3ccccc3)cc(-c3cccc(Cl)c3)n2)c1. The summed E-state index contributed by atoms with van der Waals surface area (Å²) in [5, 5.41) is 1.39. The molecule has 26 heavy (non-hydrogen) atoms. The molecular formula is C23H15Cl2N. The second-order valence-electron chi connectivity index (χ2n) is 6.01. The Hall–Kier alpha value is -2.61.